The van der Waals surface area contributed by atoms with Gasteiger partial charge in [-0.15, -0.1) is 0 Å². The Kier molecular flexibility index (Phi) is 6.07. The molecule has 2 heterocycles. The molecule has 7 nitrogen and oxygen atoms in total. The number of aryl methyl sites for hydroxylation is 1. The number of rotatable bonds is 6. The van der Waals surface area contributed by atoms with Gasteiger partial charge in [0.15, 0.2) is 17.1 Å². The third-order valence-corrected chi connectivity index (χ3v) is 7.12. The molecule has 0 amide bonds. The van der Waals surface area contributed by atoms with Crippen molar-refractivity contribution in [3.8, 4) is 11.1 Å². The molecule has 3 aromatic carbocycles. The summed E-state index contributed by atoms with van der Waals surface area (Å²) in [6.45, 7) is -0.192. The molecule has 0 aliphatic rings. The van der Waals surface area contributed by atoms with Crippen molar-refractivity contribution in [3.05, 3.63) is 106 Å². The van der Waals surface area contributed by atoms with Gasteiger partial charge in [0.25, 0.3) is 0 Å². The Morgan fingerprint density at radius 1 is 0.889 bits per heavy atom. The first-order chi connectivity index (χ1) is 17.2. The molecule has 0 saturated carbocycles. The lowest BCUT2D eigenvalue weighted by Gasteiger charge is -2.08. The Morgan fingerprint density at radius 2 is 1.67 bits per heavy atom. The lowest BCUT2D eigenvalue weighted by Crippen LogP contribution is -2.24. The van der Waals surface area contributed by atoms with Crippen LogP contribution in [0, 0.1) is 11.6 Å². The van der Waals surface area contributed by atoms with E-state index >= 15 is 0 Å². The van der Waals surface area contributed by atoms with Crippen molar-refractivity contribution in [1.29, 1.82) is 0 Å². The van der Waals surface area contributed by atoms with Gasteiger partial charge < -0.3 is 0 Å². The summed E-state index contributed by atoms with van der Waals surface area (Å²) in [5, 5.41) is 5.58. The molecule has 5 rings (SSSR count). The first kappa shape index (κ1) is 23.7. The lowest BCUT2D eigenvalue weighted by molar-refractivity contribution is 0.506. The molecule has 0 bridgehead atoms. The van der Waals surface area contributed by atoms with Crippen LogP contribution in [0.3, 0.4) is 0 Å². The number of fused-ring (bicyclic) bond motifs is 2. The van der Waals surface area contributed by atoms with Crippen LogP contribution in [0.25, 0.3) is 32.8 Å². The maximum Gasteiger partial charge on any atom is 0.216 e. The summed E-state index contributed by atoms with van der Waals surface area (Å²) >= 11 is 0. The number of sulfonamides is 1. The quantitative estimate of drug-likeness (QED) is 0.375. The second-order valence-corrected chi connectivity index (χ2v) is 10.3. The average molecular weight is 507 g/mol. The van der Waals surface area contributed by atoms with Gasteiger partial charge in [0, 0.05) is 47.9 Å². The fourth-order valence-corrected chi connectivity index (χ4v) is 5.09. The normalized spacial score (nSPS) is 11.9. The number of hydrogen-bond donors (Lipinski definition) is 1. The topological polar surface area (TPSA) is 94.0 Å². The molecule has 182 valence electrons. The minimum atomic E-state index is -3.83. The predicted molar refractivity (Wildman–Crippen MR) is 134 cm³/mol. The SMILES string of the molecule is Cn1cc(-c2cnc3ccc4ccc(CS(=O)(=O)NCc5ccc(F)c(F)c5)cc4c(=O)c3c2)cn1. The Balaban J connectivity index is 1.48. The number of aromatic nitrogens is 3. The molecular weight excluding hydrogens is 486 g/mol. The van der Waals surface area contributed by atoms with Crippen LogP contribution in [-0.4, -0.2) is 23.2 Å². The monoisotopic (exact) mass is 506 g/mol. The molecule has 2 aromatic heterocycles. The van der Waals surface area contributed by atoms with Crippen molar-refractivity contribution in [2.75, 3.05) is 0 Å². The highest BCUT2D eigenvalue weighted by atomic mass is 32.2. The summed E-state index contributed by atoms with van der Waals surface area (Å²) < 4.78 is 55.9. The van der Waals surface area contributed by atoms with Crippen molar-refractivity contribution >= 4 is 31.7 Å². The molecule has 5 aromatic rings. The molecule has 0 spiro atoms. The van der Waals surface area contributed by atoms with Gasteiger partial charge in [-0.1, -0.05) is 24.3 Å². The molecule has 10 heteroatoms. The van der Waals surface area contributed by atoms with Crippen molar-refractivity contribution in [2.45, 2.75) is 12.3 Å². The summed E-state index contributed by atoms with van der Waals surface area (Å²) in [4.78, 5) is 17.9. The highest BCUT2D eigenvalue weighted by Gasteiger charge is 2.14. The molecule has 0 aliphatic carbocycles. The molecule has 0 aliphatic heterocycles. The number of nitrogens with zero attached hydrogens (tertiary/aromatic N) is 3. The van der Waals surface area contributed by atoms with Gasteiger partial charge in [-0.2, -0.15) is 5.10 Å². The zero-order chi connectivity index (χ0) is 25.4. The number of nitrogens with one attached hydrogen (secondary N) is 1. The third kappa shape index (κ3) is 4.86. The van der Waals surface area contributed by atoms with E-state index in [1.165, 1.54) is 6.07 Å². The van der Waals surface area contributed by atoms with E-state index in [2.05, 4.69) is 14.8 Å². The largest absolute Gasteiger partial charge is 0.289 e. The van der Waals surface area contributed by atoms with Crippen LogP contribution in [-0.2, 0) is 29.4 Å². The van der Waals surface area contributed by atoms with Crippen LogP contribution in [0.1, 0.15) is 11.1 Å². The summed E-state index contributed by atoms with van der Waals surface area (Å²) in [5.74, 6) is -2.44. The number of halogens is 2. The summed E-state index contributed by atoms with van der Waals surface area (Å²) in [7, 11) is -2.03. The van der Waals surface area contributed by atoms with Crippen molar-refractivity contribution in [2.24, 2.45) is 7.05 Å². The Morgan fingerprint density at radius 3 is 2.42 bits per heavy atom. The Hall–Kier alpha value is -4.02. The van der Waals surface area contributed by atoms with Gasteiger partial charge in [-0.25, -0.2) is 21.9 Å². The van der Waals surface area contributed by atoms with Crippen LogP contribution in [0.15, 0.2) is 78.0 Å². The van der Waals surface area contributed by atoms with Gasteiger partial charge >= 0.3 is 0 Å². The first-order valence-electron chi connectivity index (χ1n) is 10.9. The van der Waals surface area contributed by atoms with Crippen molar-refractivity contribution in [1.82, 2.24) is 19.5 Å². The van der Waals surface area contributed by atoms with Gasteiger partial charge in [-0.3, -0.25) is 14.5 Å². The maximum atomic E-state index is 13.5. The molecule has 0 saturated heterocycles. The minimum absolute atomic E-state index is 0.192. The third-order valence-electron chi connectivity index (χ3n) is 5.82. The second kappa shape index (κ2) is 9.21. The van der Waals surface area contributed by atoms with Crippen LogP contribution < -0.4 is 10.2 Å². The highest BCUT2D eigenvalue weighted by molar-refractivity contribution is 7.88. The molecule has 36 heavy (non-hydrogen) atoms. The van der Waals surface area contributed by atoms with Gasteiger partial charge in [-0.05, 0) is 46.8 Å². The smallest absolute Gasteiger partial charge is 0.216 e. The molecule has 0 unspecified atom stereocenters. The van der Waals surface area contributed by atoms with E-state index in [9.17, 15) is 22.0 Å². The molecule has 0 radical (unpaired) electrons. The highest BCUT2D eigenvalue weighted by Crippen LogP contribution is 2.22. The molecule has 0 atom stereocenters. The molecular formula is C26H20F2N4O3S. The Labute approximate surface area is 205 Å². The van der Waals surface area contributed by atoms with E-state index in [-0.39, 0.29) is 23.3 Å². The summed E-state index contributed by atoms with van der Waals surface area (Å²) in [6.07, 6.45) is 5.19. The number of benzene rings is 2. The van der Waals surface area contributed by atoms with Gasteiger partial charge in [0.2, 0.25) is 10.0 Å². The van der Waals surface area contributed by atoms with Gasteiger partial charge in [0.1, 0.15) is 0 Å². The van der Waals surface area contributed by atoms with Crippen LogP contribution in [0.5, 0.6) is 0 Å². The van der Waals surface area contributed by atoms with E-state index in [1.54, 1.807) is 60.5 Å². The summed E-state index contributed by atoms with van der Waals surface area (Å²) in [6, 6.07) is 13.4. The second-order valence-electron chi connectivity index (χ2n) is 8.47. The summed E-state index contributed by atoms with van der Waals surface area (Å²) in [5.41, 5.74) is 2.51. The standard InChI is InChI=1S/C26H20F2N4O3S/c1-32-14-20(13-30-32)19-10-22-25(29-12-19)7-5-18-4-2-17(8-21(18)26(22)33)15-36(34,35)31-11-16-3-6-23(27)24(28)9-16/h2-10,12-14,31H,11,15H2,1H3. The zero-order valence-corrected chi connectivity index (χ0v) is 19.9. The number of hydrogen-bond acceptors (Lipinski definition) is 5. The molecule has 0 fully saturated rings. The van der Waals surface area contributed by atoms with E-state index in [1.807, 2.05) is 6.20 Å². The van der Waals surface area contributed by atoms with E-state index in [0.717, 1.165) is 23.3 Å². The van der Waals surface area contributed by atoms with Crippen LogP contribution >= 0.6 is 0 Å². The minimum Gasteiger partial charge on any atom is -0.289 e. The predicted octanol–water partition coefficient (Wildman–Crippen LogP) is 4.05. The average Bonchev–Trinajstić information content (AvgIpc) is 3.24. The lowest BCUT2D eigenvalue weighted by atomic mass is 10.1. The van der Waals surface area contributed by atoms with Crippen molar-refractivity contribution < 1.29 is 17.2 Å². The number of pyridine rings is 1. The zero-order valence-electron chi connectivity index (χ0n) is 19.1. The maximum absolute atomic E-state index is 13.5. The van der Waals surface area contributed by atoms with Gasteiger partial charge in [0.05, 0.1) is 17.5 Å². The molecule has 1 N–H and O–H groups in total. The Bertz CT molecular complexity index is 1800. The van der Waals surface area contributed by atoms with Crippen LogP contribution in [0.2, 0.25) is 0 Å². The van der Waals surface area contributed by atoms with E-state index in [4.69, 9.17) is 0 Å². The van der Waals surface area contributed by atoms with Crippen molar-refractivity contribution in [3.63, 3.8) is 0 Å². The van der Waals surface area contributed by atoms with E-state index in [0.29, 0.717) is 27.2 Å². The first-order valence-corrected chi connectivity index (χ1v) is 12.6. The van der Waals surface area contributed by atoms with E-state index < -0.39 is 21.7 Å². The van der Waals surface area contributed by atoms with Crippen LogP contribution in [0.4, 0.5) is 8.78 Å². The fraction of sp³-hybridized carbons (Fsp3) is 0.115. The fourth-order valence-electron chi connectivity index (χ4n) is 3.98.